The van der Waals surface area contributed by atoms with E-state index in [1.165, 1.54) is 11.3 Å². The quantitative estimate of drug-likeness (QED) is 0.511. The molecule has 4 aromatic heterocycles. The maximum atomic E-state index is 13.0. The van der Waals surface area contributed by atoms with Crippen molar-refractivity contribution in [2.24, 2.45) is 0 Å². The number of furan rings is 2. The highest BCUT2D eigenvalue weighted by Gasteiger charge is 2.21. The Kier molecular flexibility index (Phi) is 4.61. The highest BCUT2D eigenvalue weighted by Crippen LogP contribution is 2.25. The fraction of sp³-hybridized carbons (Fsp3) is 0.105. The van der Waals surface area contributed by atoms with Crippen LogP contribution in [-0.2, 0) is 13.1 Å². The van der Waals surface area contributed by atoms with Gasteiger partial charge in [0.25, 0.3) is 5.91 Å². The van der Waals surface area contributed by atoms with Crippen molar-refractivity contribution in [3.8, 4) is 10.8 Å². The molecule has 0 saturated carbocycles. The van der Waals surface area contributed by atoms with Gasteiger partial charge < -0.3 is 13.7 Å². The van der Waals surface area contributed by atoms with Crippen molar-refractivity contribution >= 4 is 17.2 Å². The molecule has 0 spiro atoms. The van der Waals surface area contributed by atoms with Crippen molar-refractivity contribution < 1.29 is 13.6 Å². The Morgan fingerprint density at radius 1 is 1.08 bits per heavy atom. The molecular formula is C19H15N3O3S. The van der Waals surface area contributed by atoms with E-state index in [2.05, 4.69) is 9.97 Å². The molecule has 4 heterocycles. The van der Waals surface area contributed by atoms with Gasteiger partial charge in [0.1, 0.15) is 11.5 Å². The van der Waals surface area contributed by atoms with Gasteiger partial charge in [-0.3, -0.25) is 9.78 Å². The van der Waals surface area contributed by atoms with E-state index in [1.807, 2.05) is 24.3 Å². The van der Waals surface area contributed by atoms with Gasteiger partial charge in [0.15, 0.2) is 10.8 Å². The Morgan fingerprint density at radius 3 is 2.69 bits per heavy atom. The molecule has 0 radical (unpaired) electrons. The zero-order valence-electron chi connectivity index (χ0n) is 13.7. The molecule has 4 aromatic rings. The van der Waals surface area contributed by atoms with Gasteiger partial charge in [0.2, 0.25) is 0 Å². The molecule has 0 aliphatic carbocycles. The molecule has 0 atom stereocenters. The summed E-state index contributed by atoms with van der Waals surface area (Å²) < 4.78 is 10.8. The number of amides is 1. The zero-order chi connectivity index (χ0) is 17.8. The summed E-state index contributed by atoms with van der Waals surface area (Å²) in [6, 6.07) is 11.1. The molecule has 0 aliphatic rings. The van der Waals surface area contributed by atoms with Crippen LogP contribution >= 0.6 is 11.3 Å². The number of aromatic nitrogens is 2. The molecule has 0 aliphatic heterocycles. The minimum atomic E-state index is -0.167. The second-order valence-electron chi connectivity index (χ2n) is 5.62. The van der Waals surface area contributed by atoms with Crippen LogP contribution in [0.25, 0.3) is 10.8 Å². The largest absolute Gasteiger partial charge is 0.467 e. The molecule has 0 saturated heterocycles. The van der Waals surface area contributed by atoms with Crippen LogP contribution in [0.5, 0.6) is 0 Å². The smallest absolute Gasteiger partial charge is 0.274 e. The van der Waals surface area contributed by atoms with Crippen molar-refractivity contribution in [1.82, 2.24) is 14.9 Å². The Balaban J connectivity index is 1.59. The lowest BCUT2D eigenvalue weighted by atomic mass is 10.2. The van der Waals surface area contributed by atoms with E-state index in [1.54, 1.807) is 47.3 Å². The van der Waals surface area contributed by atoms with Gasteiger partial charge in [0, 0.05) is 24.3 Å². The Morgan fingerprint density at radius 2 is 1.96 bits per heavy atom. The van der Waals surface area contributed by atoms with E-state index >= 15 is 0 Å². The fourth-order valence-electron chi connectivity index (χ4n) is 2.55. The molecule has 130 valence electrons. The second-order valence-corrected chi connectivity index (χ2v) is 6.48. The third kappa shape index (κ3) is 3.57. The molecular weight excluding hydrogens is 350 g/mol. The number of thiazole rings is 1. The predicted molar refractivity (Wildman–Crippen MR) is 96.3 cm³/mol. The maximum absolute atomic E-state index is 13.0. The Labute approximate surface area is 153 Å². The standard InChI is InChI=1S/C19H15N3O3S/c23-19(16-13-26-18(21-16)17-6-3-9-25-17)22(12-15-5-2-8-24-15)11-14-4-1-7-20-10-14/h1-10,13H,11-12H2. The van der Waals surface area contributed by atoms with Crippen LogP contribution in [0.2, 0.25) is 0 Å². The van der Waals surface area contributed by atoms with E-state index in [0.717, 1.165) is 5.56 Å². The summed E-state index contributed by atoms with van der Waals surface area (Å²) in [7, 11) is 0. The predicted octanol–water partition coefficient (Wildman–Crippen LogP) is 4.23. The van der Waals surface area contributed by atoms with Crippen molar-refractivity contribution in [2.75, 3.05) is 0 Å². The summed E-state index contributed by atoms with van der Waals surface area (Å²) in [6.45, 7) is 0.773. The first-order valence-electron chi connectivity index (χ1n) is 7.99. The van der Waals surface area contributed by atoms with Crippen LogP contribution in [0.3, 0.4) is 0 Å². The van der Waals surface area contributed by atoms with Crippen molar-refractivity contribution in [3.63, 3.8) is 0 Å². The molecule has 7 heteroatoms. The van der Waals surface area contributed by atoms with Gasteiger partial charge >= 0.3 is 0 Å². The third-order valence-corrected chi connectivity index (χ3v) is 4.62. The summed E-state index contributed by atoms with van der Waals surface area (Å²) in [5.41, 5.74) is 1.32. The third-order valence-electron chi connectivity index (χ3n) is 3.77. The van der Waals surface area contributed by atoms with Crippen molar-refractivity contribution in [1.29, 1.82) is 0 Å². The highest BCUT2D eigenvalue weighted by molar-refractivity contribution is 7.13. The first kappa shape index (κ1) is 16.3. The van der Waals surface area contributed by atoms with Crippen molar-refractivity contribution in [2.45, 2.75) is 13.1 Å². The lowest BCUT2D eigenvalue weighted by Crippen LogP contribution is -2.30. The number of hydrogen-bond acceptors (Lipinski definition) is 6. The summed E-state index contributed by atoms with van der Waals surface area (Å²) in [5.74, 6) is 1.20. The minimum absolute atomic E-state index is 0.167. The molecule has 0 N–H and O–H groups in total. The summed E-state index contributed by atoms with van der Waals surface area (Å²) in [5, 5.41) is 2.43. The molecule has 0 fully saturated rings. The number of hydrogen-bond donors (Lipinski definition) is 0. The first-order chi connectivity index (χ1) is 12.8. The number of carbonyl (C=O) groups excluding carboxylic acids is 1. The summed E-state index contributed by atoms with van der Waals surface area (Å²) >= 11 is 1.38. The monoisotopic (exact) mass is 365 g/mol. The van der Waals surface area contributed by atoms with Gasteiger partial charge in [-0.05, 0) is 35.9 Å². The maximum Gasteiger partial charge on any atom is 0.274 e. The lowest BCUT2D eigenvalue weighted by Gasteiger charge is -2.20. The van der Waals surface area contributed by atoms with E-state index in [0.29, 0.717) is 35.3 Å². The summed E-state index contributed by atoms with van der Waals surface area (Å²) in [6.07, 6.45) is 6.64. The molecule has 0 aromatic carbocycles. The van der Waals surface area contributed by atoms with E-state index in [9.17, 15) is 4.79 Å². The Hall–Kier alpha value is -3.19. The molecule has 4 rings (SSSR count). The molecule has 26 heavy (non-hydrogen) atoms. The SMILES string of the molecule is O=C(c1csc(-c2ccco2)n1)N(Cc1cccnc1)Cc1ccco1. The van der Waals surface area contributed by atoms with Gasteiger partial charge in [-0.1, -0.05) is 6.07 Å². The van der Waals surface area contributed by atoms with E-state index < -0.39 is 0 Å². The van der Waals surface area contributed by atoms with Crippen LogP contribution in [0, 0.1) is 0 Å². The zero-order valence-corrected chi connectivity index (χ0v) is 14.6. The number of pyridine rings is 1. The van der Waals surface area contributed by atoms with Gasteiger partial charge in [0.05, 0.1) is 19.1 Å². The van der Waals surface area contributed by atoms with Crippen molar-refractivity contribution in [3.05, 3.63) is 83.7 Å². The second kappa shape index (κ2) is 7.37. The van der Waals surface area contributed by atoms with Crippen LogP contribution < -0.4 is 0 Å². The molecule has 6 nitrogen and oxygen atoms in total. The number of carbonyl (C=O) groups is 1. The topological polar surface area (TPSA) is 72.4 Å². The Bertz CT molecular complexity index is 963. The molecule has 1 amide bonds. The van der Waals surface area contributed by atoms with Gasteiger partial charge in [-0.2, -0.15) is 0 Å². The molecule has 0 bridgehead atoms. The normalized spacial score (nSPS) is 10.8. The fourth-order valence-corrected chi connectivity index (χ4v) is 3.31. The van der Waals surface area contributed by atoms with E-state index in [-0.39, 0.29) is 5.91 Å². The summed E-state index contributed by atoms with van der Waals surface area (Å²) in [4.78, 5) is 23.3. The first-order valence-corrected chi connectivity index (χ1v) is 8.87. The highest BCUT2D eigenvalue weighted by atomic mass is 32.1. The minimum Gasteiger partial charge on any atom is -0.467 e. The van der Waals surface area contributed by atoms with E-state index in [4.69, 9.17) is 8.83 Å². The lowest BCUT2D eigenvalue weighted by molar-refractivity contribution is 0.0712. The van der Waals surface area contributed by atoms with Gasteiger partial charge in [-0.15, -0.1) is 11.3 Å². The average Bonchev–Trinajstić information content (AvgIpc) is 3.42. The number of rotatable bonds is 6. The van der Waals surface area contributed by atoms with Crippen LogP contribution in [0.15, 0.2) is 75.5 Å². The number of nitrogens with zero attached hydrogens (tertiary/aromatic N) is 3. The molecule has 0 unspecified atom stereocenters. The van der Waals surface area contributed by atoms with Crippen LogP contribution in [0.4, 0.5) is 0 Å². The average molecular weight is 365 g/mol. The van der Waals surface area contributed by atoms with Gasteiger partial charge in [-0.25, -0.2) is 4.98 Å². The van der Waals surface area contributed by atoms with Crippen LogP contribution in [-0.4, -0.2) is 20.8 Å². The van der Waals surface area contributed by atoms with Crippen LogP contribution in [0.1, 0.15) is 21.8 Å².